The molecule has 0 saturated heterocycles. The normalized spacial score (nSPS) is 11.3. The minimum Gasteiger partial charge on any atom is -0.399 e. The molecular weight excluding hydrogens is 196 g/mol. The molecule has 6 heteroatoms. The maximum atomic E-state index is 11.3. The molecule has 0 spiro atoms. The van der Waals surface area contributed by atoms with Gasteiger partial charge in [-0.1, -0.05) is 5.16 Å². The summed E-state index contributed by atoms with van der Waals surface area (Å²) in [5.41, 5.74) is 1.24. The summed E-state index contributed by atoms with van der Waals surface area (Å²) in [6.07, 6.45) is 3.19. The minimum atomic E-state index is -0.0878. The van der Waals surface area contributed by atoms with E-state index in [0.29, 0.717) is 11.3 Å². The number of rotatable bonds is 2. The standard InChI is InChI=1S/C9H10N4O2/c1-12-9(14)4-3-8-11-7(5-10-15-2)6-13(8)12/h3-6H,1-2H3. The van der Waals surface area contributed by atoms with Gasteiger partial charge in [0.25, 0.3) is 5.56 Å². The average molecular weight is 206 g/mol. The predicted octanol–water partition coefficient (Wildman–Crippen LogP) is 0.0133. The number of aromatic nitrogens is 3. The Morgan fingerprint density at radius 1 is 1.53 bits per heavy atom. The number of hydrogen-bond donors (Lipinski definition) is 0. The van der Waals surface area contributed by atoms with Gasteiger partial charge in [0, 0.05) is 13.1 Å². The van der Waals surface area contributed by atoms with Gasteiger partial charge in [-0.15, -0.1) is 0 Å². The highest BCUT2D eigenvalue weighted by molar-refractivity contribution is 5.77. The van der Waals surface area contributed by atoms with E-state index >= 15 is 0 Å². The van der Waals surface area contributed by atoms with E-state index in [1.54, 1.807) is 23.8 Å². The molecule has 0 atom stereocenters. The highest BCUT2D eigenvalue weighted by Gasteiger charge is 2.02. The Bertz CT molecular complexity index is 567. The van der Waals surface area contributed by atoms with E-state index < -0.39 is 0 Å². The Kier molecular flexibility index (Phi) is 2.24. The minimum absolute atomic E-state index is 0.0878. The molecular formula is C9H10N4O2. The van der Waals surface area contributed by atoms with Crippen LogP contribution >= 0.6 is 0 Å². The van der Waals surface area contributed by atoms with E-state index in [0.717, 1.165) is 0 Å². The third-order valence-corrected chi connectivity index (χ3v) is 2.04. The number of imidazole rings is 1. The summed E-state index contributed by atoms with van der Waals surface area (Å²) in [5, 5.41) is 3.60. The van der Waals surface area contributed by atoms with Gasteiger partial charge in [-0.25, -0.2) is 14.2 Å². The number of aryl methyl sites for hydroxylation is 1. The predicted molar refractivity (Wildman–Crippen MR) is 55.0 cm³/mol. The smallest absolute Gasteiger partial charge is 0.265 e. The van der Waals surface area contributed by atoms with Crippen molar-refractivity contribution in [2.45, 2.75) is 0 Å². The molecule has 2 aromatic heterocycles. The van der Waals surface area contributed by atoms with Gasteiger partial charge >= 0.3 is 0 Å². The lowest BCUT2D eigenvalue weighted by atomic mass is 10.5. The Morgan fingerprint density at radius 3 is 3.07 bits per heavy atom. The van der Waals surface area contributed by atoms with Gasteiger partial charge in [0.2, 0.25) is 0 Å². The quantitative estimate of drug-likeness (QED) is 0.513. The van der Waals surface area contributed by atoms with Crippen LogP contribution in [0, 0.1) is 0 Å². The average Bonchev–Trinajstić information content (AvgIpc) is 2.64. The Labute approximate surface area is 85.4 Å². The summed E-state index contributed by atoms with van der Waals surface area (Å²) < 4.78 is 3.12. The lowest BCUT2D eigenvalue weighted by Crippen LogP contribution is -2.20. The third-order valence-electron chi connectivity index (χ3n) is 2.04. The zero-order valence-corrected chi connectivity index (χ0v) is 8.41. The molecule has 0 amide bonds. The fourth-order valence-electron chi connectivity index (χ4n) is 1.29. The third kappa shape index (κ3) is 1.61. The van der Waals surface area contributed by atoms with Crippen LogP contribution in [-0.2, 0) is 11.9 Å². The lowest BCUT2D eigenvalue weighted by Gasteiger charge is -1.99. The summed E-state index contributed by atoms with van der Waals surface area (Å²) in [6, 6.07) is 3.13. The molecule has 2 rings (SSSR count). The first kappa shape index (κ1) is 9.45. The largest absolute Gasteiger partial charge is 0.399 e. The molecule has 0 aliphatic carbocycles. The maximum absolute atomic E-state index is 11.3. The molecule has 0 bridgehead atoms. The van der Waals surface area contributed by atoms with Gasteiger partial charge in [0.15, 0.2) is 5.65 Å². The first-order chi connectivity index (χ1) is 7.22. The van der Waals surface area contributed by atoms with Gasteiger partial charge in [-0.3, -0.25) is 4.79 Å². The Balaban J connectivity index is 2.61. The van der Waals surface area contributed by atoms with Gasteiger partial charge in [0.05, 0.1) is 12.4 Å². The maximum Gasteiger partial charge on any atom is 0.265 e. The number of oxime groups is 1. The lowest BCUT2D eigenvalue weighted by molar-refractivity contribution is 0.215. The van der Waals surface area contributed by atoms with Gasteiger partial charge in [-0.2, -0.15) is 0 Å². The van der Waals surface area contributed by atoms with Crippen LogP contribution in [0.3, 0.4) is 0 Å². The number of hydrogen-bond acceptors (Lipinski definition) is 4. The molecule has 0 aliphatic heterocycles. The van der Waals surface area contributed by atoms with E-state index in [-0.39, 0.29) is 5.56 Å². The molecule has 78 valence electrons. The van der Waals surface area contributed by atoms with Gasteiger partial charge in [-0.05, 0) is 6.07 Å². The van der Waals surface area contributed by atoms with Crippen LogP contribution in [0.15, 0.2) is 28.3 Å². The van der Waals surface area contributed by atoms with Crippen LogP contribution in [-0.4, -0.2) is 27.5 Å². The van der Waals surface area contributed by atoms with Crippen molar-refractivity contribution < 1.29 is 4.84 Å². The second kappa shape index (κ2) is 3.56. The van der Waals surface area contributed by atoms with Crippen LogP contribution in [0.25, 0.3) is 5.65 Å². The molecule has 6 nitrogen and oxygen atoms in total. The van der Waals surface area contributed by atoms with E-state index in [4.69, 9.17) is 0 Å². The van der Waals surface area contributed by atoms with E-state index in [1.807, 2.05) is 0 Å². The Hall–Kier alpha value is -2.11. The van der Waals surface area contributed by atoms with Crippen LogP contribution in [0.4, 0.5) is 0 Å². The molecule has 0 aromatic carbocycles. The van der Waals surface area contributed by atoms with Crippen molar-refractivity contribution in [2.24, 2.45) is 12.2 Å². The van der Waals surface area contributed by atoms with Gasteiger partial charge in [0.1, 0.15) is 12.8 Å². The molecule has 0 fully saturated rings. The van der Waals surface area contributed by atoms with Crippen molar-refractivity contribution in [1.82, 2.24) is 14.2 Å². The first-order valence-corrected chi connectivity index (χ1v) is 4.34. The zero-order chi connectivity index (χ0) is 10.8. The van der Waals surface area contributed by atoms with E-state index in [1.165, 1.54) is 24.1 Å². The SMILES string of the molecule is CON=Cc1cn2c(ccc(=O)n2C)n1. The highest BCUT2D eigenvalue weighted by atomic mass is 16.6. The molecule has 0 unspecified atom stereocenters. The molecule has 2 aromatic rings. The second-order valence-electron chi connectivity index (χ2n) is 2.98. The Morgan fingerprint density at radius 2 is 2.33 bits per heavy atom. The number of fused-ring (bicyclic) bond motifs is 1. The van der Waals surface area contributed by atoms with Crippen molar-refractivity contribution >= 4 is 11.9 Å². The monoisotopic (exact) mass is 206 g/mol. The topological polar surface area (TPSA) is 60.9 Å². The molecule has 2 heterocycles. The zero-order valence-electron chi connectivity index (χ0n) is 8.41. The van der Waals surface area contributed by atoms with Crippen LogP contribution < -0.4 is 5.56 Å². The van der Waals surface area contributed by atoms with Crippen LogP contribution in [0.5, 0.6) is 0 Å². The summed E-state index contributed by atoms with van der Waals surface area (Å²) in [7, 11) is 3.14. The van der Waals surface area contributed by atoms with Crippen molar-refractivity contribution in [3.63, 3.8) is 0 Å². The van der Waals surface area contributed by atoms with Crippen molar-refractivity contribution in [3.05, 3.63) is 34.4 Å². The number of nitrogens with zero attached hydrogens (tertiary/aromatic N) is 4. The fourth-order valence-corrected chi connectivity index (χ4v) is 1.29. The molecule has 0 N–H and O–H groups in total. The molecule has 0 radical (unpaired) electrons. The van der Waals surface area contributed by atoms with Crippen LogP contribution in [0.2, 0.25) is 0 Å². The summed E-state index contributed by atoms with van der Waals surface area (Å²) >= 11 is 0. The first-order valence-electron chi connectivity index (χ1n) is 4.34. The van der Waals surface area contributed by atoms with Gasteiger partial charge < -0.3 is 4.84 Å². The van der Waals surface area contributed by atoms with E-state index in [2.05, 4.69) is 15.0 Å². The summed E-state index contributed by atoms with van der Waals surface area (Å²) in [6.45, 7) is 0. The van der Waals surface area contributed by atoms with Crippen LogP contribution in [0.1, 0.15) is 5.69 Å². The van der Waals surface area contributed by atoms with Crippen molar-refractivity contribution in [2.75, 3.05) is 7.11 Å². The molecule has 15 heavy (non-hydrogen) atoms. The second-order valence-corrected chi connectivity index (χ2v) is 2.98. The summed E-state index contributed by atoms with van der Waals surface area (Å²) in [4.78, 5) is 20.1. The van der Waals surface area contributed by atoms with E-state index in [9.17, 15) is 4.79 Å². The van der Waals surface area contributed by atoms with Crippen molar-refractivity contribution in [1.29, 1.82) is 0 Å². The molecule has 0 saturated carbocycles. The fraction of sp³-hybridized carbons (Fsp3) is 0.222. The summed E-state index contributed by atoms with van der Waals surface area (Å²) in [5.74, 6) is 0. The highest BCUT2D eigenvalue weighted by Crippen LogP contribution is 2.00. The van der Waals surface area contributed by atoms with Crippen molar-refractivity contribution in [3.8, 4) is 0 Å². The molecule has 0 aliphatic rings.